The second-order valence-corrected chi connectivity index (χ2v) is 3.94. The molecule has 1 aromatic carbocycles. The Morgan fingerprint density at radius 1 is 1.53 bits per heavy atom. The summed E-state index contributed by atoms with van der Waals surface area (Å²) < 4.78 is 4.78. The molecule has 1 unspecified atom stereocenters. The van der Waals surface area contributed by atoms with E-state index in [0.29, 0.717) is 17.5 Å². The highest BCUT2D eigenvalue weighted by Gasteiger charge is 2.23. The molecule has 0 aliphatic rings. The Kier molecular flexibility index (Phi) is 4.47. The summed E-state index contributed by atoms with van der Waals surface area (Å²) in [6, 6.07) is 9.15. The number of carbonyl (C=O) groups is 1. The molecular weight excluding hydrogens is 214 g/mol. The van der Waals surface area contributed by atoms with Gasteiger partial charge < -0.3 is 4.74 Å². The molecule has 88 valence electrons. The van der Waals surface area contributed by atoms with Crippen molar-refractivity contribution >= 4 is 5.97 Å². The van der Waals surface area contributed by atoms with E-state index in [2.05, 4.69) is 12.6 Å². The Hall–Kier alpha value is -2.08. The van der Waals surface area contributed by atoms with Crippen LogP contribution in [0.4, 0.5) is 0 Å². The van der Waals surface area contributed by atoms with Gasteiger partial charge in [-0.3, -0.25) is 4.79 Å². The molecule has 0 N–H and O–H groups in total. The van der Waals surface area contributed by atoms with Crippen LogP contribution in [-0.4, -0.2) is 13.1 Å². The van der Waals surface area contributed by atoms with Crippen LogP contribution in [0.3, 0.4) is 0 Å². The molecule has 0 aliphatic heterocycles. The van der Waals surface area contributed by atoms with Crippen LogP contribution in [0.2, 0.25) is 0 Å². The molecule has 3 nitrogen and oxygen atoms in total. The average Bonchev–Trinajstić information content (AvgIpc) is 2.34. The van der Waals surface area contributed by atoms with E-state index in [1.165, 1.54) is 7.11 Å². The van der Waals surface area contributed by atoms with Gasteiger partial charge in [-0.25, -0.2) is 0 Å². The van der Waals surface area contributed by atoms with Crippen molar-refractivity contribution < 1.29 is 9.53 Å². The van der Waals surface area contributed by atoms with Gasteiger partial charge in [-0.15, -0.1) is 6.58 Å². The van der Waals surface area contributed by atoms with Gasteiger partial charge in [0.05, 0.1) is 24.7 Å². The third-order valence-corrected chi connectivity index (χ3v) is 2.49. The molecule has 3 heteroatoms. The summed E-state index contributed by atoms with van der Waals surface area (Å²) >= 11 is 0. The first kappa shape index (κ1) is 13.0. The van der Waals surface area contributed by atoms with E-state index >= 15 is 0 Å². The van der Waals surface area contributed by atoms with Crippen molar-refractivity contribution in [3.8, 4) is 6.07 Å². The molecule has 1 atom stereocenters. The number of nitrogens with zero attached hydrogens (tertiary/aromatic N) is 1. The molecule has 0 fully saturated rings. The van der Waals surface area contributed by atoms with Crippen LogP contribution in [0.15, 0.2) is 36.4 Å². The quantitative estimate of drug-likeness (QED) is 0.589. The minimum absolute atomic E-state index is 0.337. The van der Waals surface area contributed by atoms with E-state index in [-0.39, 0.29) is 5.97 Å². The first-order valence-corrected chi connectivity index (χ1v) is 5.31. The number of benzene rings is 1. The Labute approximate surface area is 101 Å². The van der Waals surface area contributed by atoms with Crippen LogP contribution in [0.5, 0.6) is 0 Å². The number of carbonyl (C=O) groups excluding carboxylic acids is 1. The van der Waals surface area contributed by atoms with Crippen LogP contribution in [0.1, 0.15) is 30.4 Å². The summed E-state index contributed by atoms with van der Waals surface area (Å²) in [5.41, 5.74) is 2.09. The number of ether oxygens (including phenoxy) is 1. The lowest BCUT2D eigenvalue weighted by molar-refractivity contribution is -0.142. The monoisotopic (exact) mass is 229 g/mol. The molecule has 1 rings (SSSR count). The molecule has 0 bridgehead atoms. The van der Waals surface area contributed by atoms with Crippen LogP contribution in [0, 0.1) is 11.3 Å². The second-order valence-electron chi connectivity index (χ2n) is 3.94. The Morgan fingerprint density at radius 3 is 2.71 bits per heavy atom. The molecule has 0 aromatic heterocycles. The number of hydrogen-bond acceptors (Lipinski definition) is 3. The fourth-order valence-corrected chi connectivity index (χ4v) is 1.71. The van der Waals surface area contributed by atoms with E-state index in [4.69, 9.17) is 10.00 Å². The van der Waals surface area contributed by atoms with Crippen molar-refractivity contribution in [2.75, 3.05) is 7.11 Å². The van der Waals surface area contributed by atoms with Gasteiger partial charge in [0.2, 0.25) is 0 Å². The molecule has 1 aromatic rings. The van der Waals surface area contributed by atoms with Crippen molar-refractivity contribution in [1.29, 1.82) is 5.26 Å². The number of allylic oxidation sites excluding steroid dienone is 1. The minimum atomic E-state index is -0.451. The summed E-state index contributed by atoms with van der Waals surface area (Å²) in [4.78, 5) is 11.7. The predicted molar refractivity (Wildman–Crippen MR) is 65.3 cm³/mol. The number of rotatable bonds is 4. The van der Waals surface area contributed by atoms with Crippen molar-refractivity contribution in [3.63, 3.8) is 0 Å². The third-order valence-electron chi connectivity index (χ3n) is 2.49. The zero-order chi connectivity index (χ0) is 12.8. The van der Waals surface area contributed by atoms with Gasteiger partial charge in [0.25, 0.3) is 0 Å². The van der Waals surface area contributed by atoms with Crippen molar-refractivity contribution in [1.82, 2.24) is 0 Å². The summed E-state index contributed by atoms with van der Waals surface area (Å²) in [5.74, 6) is -0.788. The van der Waals surface area contributed by atoms with Crippen LogP contribution >= 0.6 is 0 Å². The maximum Gasteiger partial charge on any atom is 0.313 e. The summed E-state index contributed by atoms with van der Waals surface area (Å²) in [6.07, 6.45) is 0.491. The smallest absolute Gasteiger partial charge is 0.313 e. The zero-order valence-corrected chi connectivity index (χ0v) is 10.1. The van der Waals surface area contributed by atoms with Gasteiger partial charge in [0, 0.05) is 0 Å². The standard InChI is InChI=1S/C14H15NO2/c1-10(2)8-13(14(16)17-3)12-7-5-4-6-11(12)9-15/h4-7,13H,1,8H2,2-3H3. The largest absolute Gasteiger partial charge is 0.469 e. The van der Waals surface area contributed by atoms with E-state index < -0.39 is 5.92 Å². The van der Waals surface area contributed by atoms with Crippen LogP contribution in [0.25, 0.3) is 0 Å². The van der Waals surface area contributed by atoms with Gasteiger partial charge in [-0.2, -0.15) is 5.26 Å². The van der Waals surface area contributed by atoms with Gasteiger partial charge in [-0.1, -0.05) is 23.8 Å². The highest BCUT2D eigenvalue weighted by Crippen LogP contribution is 2.26. The first-order valence-electron chi connectivity index (χ1n) is 5.31. The minimum Gasteiger partial charge on any atom is -0.469 e. The van der Waals surface area contributed by atoms with Crippen LogP contribution < -0.4 is 0 Å². The fourth-order valence-electron chi connectivity index (χ4n) is 1.71. The number of esters is 1. The molecule has 0 heterocycles. The third kappa shape index (κ3) is 3.18. The van der Waals surface area contributed by atoms with E-state index in [1.54, 1.807) is 18.2 Å². The van der Waals surface area contributed by atoms with Crippen molar-refractivity contribution in [2.24, 2.45) is 0 Å². The maximum absolute atomic E-state index is 11.7. The summed E-state index contributed by atoms with van der Waals surface area (Å²) in [5, 5.41) is 9.03. The van der Waals surface area contributed by atoms with Crippen LogP contribution in [-0.2, 0) is 9.53 Å². The highest BCUT2D eigenvalue weighted by atomic mass is 16.5. The lowest BCUT2D eigenvalue weighted by Gasteiger charge is -2.16. The van der Waals surface area contributed by atoms with E-state index in [0.717, 1.165) is 5.57 Å². The predicted octanol–water partition coefficient (Wildman–Crippen LogP) is 2.78. The van der Waals surface area contributed by atoms with Gasteiger partial charge in [0.1, 0.15) is 0 Å². The first-order chi connectivity index (χ1) is 8.10. The lowest BCUT2D eigenvalue weighted by atomic mass is 9.90. The number of hydrogen-bond donors (Lipinski definition) is 0. The number of methoxy groups -OCH3 is 1. The highest BCUT2D eigenvalue weighted by molar-refractivity contribution is 5.79. The van der Waals surface area contributed by atoms with Crippen molar-refractivity contribution in [2.45, 2.75) is 19.3 Å². The molecule has 0 amide bonds. The molecule has 0 saturated carbocycles. The normalized spacial score (nSPS) is 11.4. The Morgan fingerprint density at radius 2 is 2.18 bits per heavy atom. The molecule has 0 spiro atoms. The molecule has 17 heavy (non-hydrogen) atoms. The van der Waals surface area contributed by atoms with E-state index in [9.17, 15) is 4.79 Å². The lowest BCUT2D eigenvalue weighted by Crippen LogP contribution is -2.15. The number of nitriles is 1. The summed E-state index contributed by atoms with van der Waals surface area (Å²) in [6.45, 7) is 5.65. The van der Waals surface area contributed by atoms with Gasteiger partial charge in [0.15, 0.2) is 0 Å². The summed E-state index contributed by atoms with van der Waals surface area (Å²) in [7, 11) is 1.35. The fraction of sp³-hybridized carbons (Fsp3) is 0.286. The molecule has 0 saturated heterocycles. The molecule has 0 radical (unpaired) electrons. The van der Waals surface area contributed by atoms with Gasteiger partial charge in [-0.05, 0) is 25.0 Å². The Bertz CT molecular complexity index is 471. The zero-order valence-electron chi connectivity index (χ0n) is 10.1. The maximum atomic E-state index is 11.7. The Balaban J connectivity index is 3.17. The second kappa shape index (κ2) is 5.86. The topological polar surface area (TPSA) is 50.1 Å². The molecular formula is C14H15NO2. The SMILES string of the molecule is C=C(C)CC(C(=O)OC)c1ccccc1C#N. The van der Waals surface area contributed by atoms with Crippen molar-refractivity contribution in [3.05, 3.63) is 47.5 Å². The molecule has 0 aliphatic carbocycles. The average molecular weight is 229 g/mol. The van der Waals surface area contributed by atoms with Gasteiger partial charge >= 0.3 is 5.97 Å². The van der Waals surface area contributed by atoms with E-state index in [1.807, 2.05) is 13.0 Å².